The molecule has 0 aromatic carbocycles. The maximum Gasteiger partial charge on any atom is 0.412 e. The summed E-state index contributed by atoms with van der Waals surface area (Å²) in [7, 11) is -2.93. The molecule has 5 nitrogen and oxygen atoms in total. The highest BCUT2D eigenvalue weighted by molar-refractivity contribution is 7.51. The molecule has 21 heavy (non-hydrogen) atoms. The van der Waals surface area contributed by atoms with Crippen molar-refractivity contribution < 1.29 is 40.0 Å². The summed E-state index contributed by atoms with van der Waals surface area (Å²) in [6.45, 7) is -3.24. The average Bonchev–Trinajstić information content (AvgIpc) is 2.33. The highest BCUT2D eigenvalue weighted by atomic mass is 31.2. The molecule has 0 aliphatic carbocycles. The van der Waals surface area contributed by atoms with E-state index in [0.29, 0.717) is 13.1 Å². The minimum Gasteiger partial charge on any atom is -0.304 e. The first-order chi connectivity index (χ1) is 9.41. The van der Waals surface area contributed by atoms with Crippen LogP contribution in [0, 0.1) is 0 Å². The van der Waals surface area contributed by atoms with Gasteiger partial charge in [-0.1, -0.05) is 0 Å². The first kappa shape index (κ1) is 18.7. The van der Waals surface area contributed by atoms with E-state index in [1.807, 2.05) is 0 Å². The van der Waals surface area contributed by atoms with E-state index < -0.39 is 33.3 Å². The number of rotatable bonds is 5. The predicted molar refractivity (Wildman–Crippen MR) is 60.7 cm³/mol. The molecular formula is C9H15F6N2O3P. The molecule has 0 bridgehead atoms. The van der Waals surface area contributed by atoms with Crippen molar-refractivity contribution in [2.24, 2.45) is 0 Å². The summed E-state index contributed by atoms with van der Waals surface area (Å²) in [4.78, 5) is 1.79. The van der Waals surface area contributed by atoms with Crippen LogP contribution in [-0.4, -0.2) is 68.4 Å². The van der Waals surface area contributed by atoms with Gasteiger partial charge in [0.25, 0.3) is 0 Å². The minimum atomic E-state index is -4.82. The van der Waals surface area contributed by atoms with Crippen LogP contribution in [0.15, 0.2) is 0 Å². The summed E-state index contributed by atoms with van der Waals surface area (Å²) in [6.07, 6.45) is -9.63. The highest BCUT2D eigenvalue weighted by Gasteiger charge is 2.43. The van der Waals surface area contributed by atoms with Gasteiger partial charge in [0.1, 0.15) is 0 Å². The minimum absolute atomic E-state index is 0.0104. The van der Waals surface area contributed by atoms with Crippen LogP contribution in [0.3, 0.4) is 0 Å². The Labute approximate surface area is 117 Å². The Morgan fingerprint density at radius 2 is 1.29 bits per heavy atom. The van der Waals surface area contributed by atoms with Crippen molar-refractivity contribution in [3.05, 3.63) is 0 Å². The lowest BCUT2D eigenvalue weighted by Gasteiger charge is -2.36. The molecule has 1 heterocycles. The molecule has 1 saturated heterocycles. The maximum absolute atomic E-state index is 12.2. The lowest BCUT2D eigenvalue weighted by molar-refractivity contribution is -0.168. The number of hydrogen-bond acceptors (Lipinski definition) is 4. The van der Waals surface area contributed by atoms with Gasteiger partial charge < -0.3 is 4.90 Å². The van der Waals surface area contributed by atoms with Crippen LogP contribution in [0.1, 0.15) is 0 Å². The van der Waals surface area contributed by atoms with Crippen LogP contribution in [0.4, 0.5) is 26.3 Å². The van der Waals surface area contributed by atoms with Crippen molar-refractivity contribution in [2.45, 2.75) is 12.4 Å². The zero-order chi connectivity index (χ0) is 16.3. The normalized spacial score (nSPS) is 20.0. The van der Waals surface area contributed by atoms with Gasteiger partial charge in [0, 0.05) is 26.2 Å². The Bertz CT molecular complexity index is 359. The Kier molecular flexibility index (Phi) is 6.08. The molecule has 0 aromatic heterocycles. The molecule has 0 saturated carbocycles. The Balaban J connectivity index is 2.75. The van der Waals surface area contributed by atoms with Crippen LogP contribution in [-0.2, 0) is 13.6 Å². The second kappa shape index (κ2) is 6.82. The molecule has 0 atom stereocenters. The predicted octanol–water partition coefficient (Wildman–Crippen LogP) is 2.50. The molecule has 12 heteroatoms. The monoisotopic (exact) mass is 344 g/mol. The second-order valence-electron chi connectivity index (χ2n) is 4.50. The molecule has 1 aliphatic heterocycles. The summed E-state index contributed by atoms with van der Waals surface area (Å²) in [5.74, 6) is 0. The quantitative estimate of drug-likeness (QED) is 0.566. The third-order valence-electron chi connectivity index (χ3n) is 2.61. The lowest BCUT2D eigenvalue weighted by atomic mass is 10.4. The fraction of sp³-hybridized carbons (Fsp3) is 1.00. The summed E-state index contributed by atoms with van der Waals surface area (Å²) in [5, 5.41) is 0. The molecule has 1 aliphatic rings. The second-order valence-corrected chi connectivity index (χ2v) is 6.52. The standard InChI is InChI=1S/C9H15F6N2O3P/c1-16-2-4-17(5-3-16)21(18,19-6-8(10,11)12)20-7-9(13,14)15/h2-7H2,1H3. The molecule has 0 unspecified atom stereocenters. The number of piperazine rings is 1. The van der Waals surface area contributed by atoms with E-state index in [1.54, 1.807) is 11.9 Å². The van der Waals surface area contributed by atoms with Crippen molar-refractivity contribution in [3.8, 4) is 0 Å². The molecule has 0 N–H and O–H groups in total. The fourth-order valence-corrected chi connectivity index (χ4v) is 3.24. The van der Waals surface area contributed by atoms with Gasteiger partial charge in [-0.05, 0) is 7.05 Å². The van der Waals surface area contributed by atoms with E-state index in [0.717, 1.165) is 4.67 Å². The van der Waals surface area contributed by atoms with E-state index >= 15 is 0 Å². The van der Waals surface area contributed by atoms with Gasteiger partial charge in [0.15, 0.2) is 13.2 Å². The van der Waals surface area contributed by atoms with Crippen LogP contribution >= 0.6 is 7.75 Å². The maximum atomic E-state index is 12.2. The van der Waals surface area contributed by atoms with Gasteiger partial charge in [-0.25, -0.2) is 9.24 Å². The summed E-state index contributed by atoms with van der Waals surface area (Å²) in [5.41, 5.74) is 0. The zero-order valence-corrected chi connectivity index (χ0v) is 12.0. The van der Waals surface area contributed by atoms with Crippen LogP contribution in [0.2, 0.25) is 0 Å². The average molecular weight is 344 g/mol. The summed E-state index contributed by atoms with van der Waals surface area (Å²) < 4.78 is 94.3. The van der Waals surface area contributed by atoms with Gasteiger partial charge >= 0.3 is 20.1 Å². The number of likely N-dealkylation sites (N-methyl/N-ethyl adjacent to an activating group) is 1. The fourth-order valence-electron chi connectivity index (χ4n) is 1.55. The van der Waals surface area contributed by atoms with Crippen molar-refractivity contribution in [1.29, 1.82) is 0 Å². The topological polar surface area (TPSA) is 42.0 Å². The van der Waals surface area contributed by atoms with E-state index in [2.05, 4.69) is 9.05 Å². The molecule has 0 aromatic rings. The van der Waals surface area contributed by atoms with Crippen molar-refractivity contribution >= 4 is 7.75 Å². The van der Waals surface area contributed by atoms with Crippen LogP contribution in [0.5, 0.6) is 0 Å². The molecule has 1 rings (SSSR count). The molecule has 0 spiro atoms. The van der Waals surface area contributed by atoms with Crippen molar-refractivity contribution in [3.63, 3.8) is 0 Å². The smallest absolute Gasteiger partial charge is 0.304 e. The van der Waals surface area contributed by atoms with Gasteiger partial charge in [-0.15, -0.1) is 0 Å². The van der Waals surface area contributed by atoms with E-state index in [1.165, 1.54) is 0 Å². The highest BCUT2D eigenvalue weighted by Crippen LogP contribution is 2.53. The van der Waals surface area contributed by atoms with Crippen molar-refractivity contribution in [2.75, 3.05) is 46.4 Å². The first-order valence-electron chi connectivity index (χ1n) is 5.88. The molecule has 0 amide bonds. The summed E-state index contributed by atoms with van der Waals surface area (Å²) >= 11 is 0. The van der Waals surface area contributed by atoms with Crippen molar-refractivity contribution in [1.82, 2.24) is 9.57 Å². The Hall–Kier alpha value is -0.350. The van der Waals surface area contributed by atoms with Gasteiger partial charge in [0.2, 0.25) is 0 Å². The third-order valence-corrected chi connectivity index (χ3v) is 4.61. The number of hydrogen-bond donors (Lipinski definition) is 0. The van der Waals surface area contributed by atoms with E-state index in [4.69, 9.17) is 0 Å². The molecule has 1 fully saturated rings. The molecule has 0 radical (unpaired) electrons. The number of halogens is 6. The first-order valence-corrected chi connectivity index (χ1v) is 7.37. The zero-order valence-electron chi connectivity index (χ0n) is 11.1. The summed E-state index contributed by atoms with van der Waals surface area (Å²) in [6, 6.07) is 0. The Morgan fingerprint density at radius 1 is 0.905 bits per heavy atom. The molecule has 126 valence electrons. The van der Waals surface area contributed by atoms with E-state index in [-0.39, 0.29) is 13.1 Å². The van der Waals surface area contributed by atoms with Gasteiger partial charge in [-0.2, -0.15) is 26.3 Å². The lowest BCUT2D eigenvalue weighted by Crippen LogP contribution is -2.43. The van der Waals surface area contributed by atoms with E-state index in [9.17, 15) is 30.9 Å². The number of alkyl halides is 6. The third kappa shape index (κ3) is 6.96. The molecular weight excluding hydrogens is 329 g/mol. The Morgan fingerprint density at radius 3 is 1.62 bits per heavy atom. The largest absolute Gasteiger partial charge is 0.412 e. The van der Waals surface area contributed by atoms with Gasteiger partial charge in [-0.3, -0.25) is 9.05 Å². The van der Waals surface area contributed by atoms with Crippen LogP contribution < -0.4 is 0 Å². The van der Waals surface area contributed by atoms with Crippen LogP contribution in [0.25, 0.3) is 0 Å². The van der Waals surface area contributed by atoms with Gasteiger partial charge in [0.05, 0.1) is 0 Å². The number of nitrogens with zero attached hydrogens (tertiary/aromatic N) is 2. The SMILES string of the molecule is CN1CCN(P(=O)(OCC(F)(F)F)OCC(F)(F)F)CC1.